The van der Waals surface area contributed by atoms with Crippen molar-refractivity contribution in [2.45, 2.75) is 31.8 Å². The van der Waals surface area contributed by atoms with Crippen LogP contribution in [0.3, 0.4) is 0 Å². The Hall–Kier alpha value is -4.55. The summed E-state index contributed by atoms with van der Waals surface area (Å²) in [5, 5.41) is 3.38. The average molecular weight is 552 g/mol. The average Bonchev–Trinajstić information content (AvgIpc) is 3.10. The molecule has 2 aliphatic heterocycles. The molecule has 13 heteroatoms. The number of hydrogen-bond acceptors (Lipinski definition) is 5. The summed E-state index contributed by atoms with van der Waals surface area (Å²) in [5.41, 5.74) is -1.53. The van der Waals surface area contributed by atoms with Crippen molar-refractivity contribution in [1.82, 2.24) is 0 Å². The van der Waals surface area contributed by atoms with Crippen LogP contribution in [0.2, 0.25) is 0 Å². The summed E-state index contributed by atoms with van der Waals surface area (Å²) in [6.45, 7) is 3.33. The first-order chi connectivity index (χ1) is 18.2. The number of amides is 2. The van der Waals surface area contributed by atoms with E-state index in [-0.39, 0.29) is 39.6 Å². The topological polar surface area (TPSA) is 93.7 Å². The van der Waals surface area contributed by atoms with E-state index < -0.39 is 35.7 Å². The van der Waals surface area contributed by atoms with E-state index in [4.69, 9.17) is 9.47 Å². The number of alkyl halides is 6. The number of rotatable bonds is 4. The molecule has 2 heterocycles. The molecule has 0 saturated carbocycles. The lowest BCUT2D eigenvalue weighted by atomic mass is 9.76. The Bertz CT molecular complexity index is 1390. The van der Waals surface area contributed by atoms with Gasteiger partial charge in [-0.25, -0.2) is 4.79 Å². The fourth-order valence-corrected chi connectivity index (χ4v) is 4.27. The maximum atomic E-state index is 13.0. The van der Waals surface area contributed by atoms with E-state index in [0.29, 0.717) is 5.57 Å². The van der Waals surface area contributed by atoms with Gasteiger partial charge in [-0.3, -0.25) is 9.59 Å². The number of fused-ring (bicyclic) bond motifs is 4. The van der Waals surface area contributed by atoms with E-state index >= 15 is 0 Å². The molecule has 0 unspecified atom stereocenters. The molecule has 0 fully saturated rings. The van der Waals surface area contributed by atoms with Crippen molar-refractivity contribution >= 4 is 29.2 Å². The molecule has 0 saturated heterocycles. The molecule has 2 aliphatic rings. The fraction of sp³-hybridized carbons (Fsp3) is 0.192. The van der Waals surface area contributed by atoms with Gasteiger partial charge in [0.15, 0.2) is 5.60 Å². The van der Waals surface area contributed by atoms with Crippen molar-refractivity contribution in [3.8, 4) is 11.5 Å². The monoisotopic (exact) mass is 552 g/mol. The van der Waals surface area contributed by atoms with Gasteiger partial charge in [0.1, 0.15) is 11.5 Å². The SMILES string of the molecule is C/C=C\C1=C(/C=C\C)C2(OC1=O)c1ccc(NC(=O)C(F)(F)F)cc1Oc1cc(NC(=O)C(F)(F)F)ccc12. The molecule has 39 heavy (non-hydrogen) atoms. The van der Waals surface area contributed by atoms with Crippen LogP contribution in [0, 0.1) is 0 Å². The van der Waals surface area contributed by atoms with E-state index in [2.05, 4.69) is 0 Å². The maximum absolute atomic E-state index is 13.0. The van der Waals surface area contributed by atoms with Gasteiger partial charge in [-0.1, -0.05) is 24.3 Å². The molecule has 2 aromatic carbocycles. The summed E-state index contributed by atoms with van der Waals surface area (Å²) in [7, 11) is 0. The predicted octanol–water partition coefficient (Wildman–Crippen LogP) is 6.04. The number of esters is 1. The van der Waals surface area contributed by atoms with Gasteiger partial charge in [-0.05, 0) is 38.1 Å². The lowest BCUT2D eigenvalue weighted by molar-refractivity contribution is -0.167. The van der Waals surface area contributed by atoms with Crippen LogP contribution < -0.4 is 15.4 Å². The number of benzene rings is 2. The van der Waals surface area contributed by atoms with Crippen LogP contribution in [0.15, 0.2) is 71.8 Å². The minimum Gasteiger partial charge on any atom is -0.456 e. The van der Waals surface area contributed by atoms with Gasteiger partial charge >= 0.3 is 30.1 Å². The van der Waals surface area contributed by atoms with Crippen LogP contribution in [-0.4, -0.2) is 30.1 Å². The van der Waals surface area contributed by atoms with Crippen molar-refractivity contribution in [1.29, 1.82) is 0 Å². The summed E-state index contributed by atoms with van der Waals surface area (Å²) < 4.78 is 88.5. The van der Waals surface area contributed by atoms with Crippen LogP contribution in [-0.2, 0) is 24.7 Å². The number of allylic oxidation sites excluding steroid dienone is 2. The Morgan fingerprint density at radius 2 is 1.26 bits per heavy atom. The molecule has 0 atom stereocenters. The van der Waals surface area contributed by atoms with Gasteiger partial charge in [0.2, 0.25) is 0 Å². The molecule has 1 spiro atoms. The minimum atomic E-state index is -5.18. The highest BCUT2D eigenvalue weighted by atomic mass is 19.4. The van der Waals surface area contributed by atoms with Crippen LogP contribution in [0.5, 0.6) is 11.5 Å². The lowest BCUT2D eigenvalue weighted by Gasteiger charge is -2.37. The Morgan fingerprint density at radius 1 is 0.795 bits per heavy atom. The molecule has 204 valence electrons. The number of carbonyl (C=O) groups excluding carboxylic acids is 3. The first-order valence-electron chi connectivity index (χ1n) is 11.2. The Morgan fingerprint density at radius 3 is 1.67 bits per heavy atom. The zero-order chi connectivity index (χ0) is 28.8. The van der Waals surface area contributed by atoms with E-state index in [1.165, 1.54) is 18.2 Å². The second-order valence-electron chi connectivity index (χ2n) is 8.33. The van der Waals surface area contributed by atoms with Gasteiger partial charge in [0, 0.05) is 40.2 Å². The summed E-state index contributed by atoms with van der Waals surface area (Å²) >= 11 is 0. The highest BCUT2D eigenvalue weighted by Gasteiger charge is 2.54. The van der Waals surface area contributed by atoms with Gasteiger partial charge in [0.25, 0.3) is 0 Å². The molecule has 2 aromatic rings. The fourth-order valence-electron chi connectivity index (χ4n) is 4.27. The molecule has 0 aliphatic carbocycles. The highest BCUT2D eigenvalue weighted by molar-refractivity contribution is 5.99. The second kappa shape index (κ2) is 9.64. The van der Waals surface area contributed by atoms with Crippen molar-refractivity contribution in [3.63, 3.8) is 0 Å². The first kappa shape index (κ1) is 27.5. The molecule has 2 N–H and O–H groups in total. The first-order valence-corrected chi connectivity index (χ1v) is 11.2. The lowest BCUT2D eigenvalue weighted by Crippen LogP contribution is -2.34. The number of nitrogens with one attached hydrogen (secondary N) is 2. The predicted molar refractivity (Wildman–Crippen MR) is 126 cm³/mol. The third kappa shape index (κ3) is 4.87. The Labute approximate surface area is 216 Å². The zero-order valence-corrected chi connectivity index (χ0v) is 20.1. The standard InChI is InChI=1S/C26H18F6N2O5/c1-3-5-15-16(6-4-2)24(39-21(15)35)17-9-7-13(33-22(36)25(27,28)29)11-19(17)38-20-12-14(8-10-18(20)24)34-23(37)26(30,31)32/h3-12H,1-2H3,(H,33,36)(H,34,37)/b5-3-,6-4-. The largest absolute Gasteiger partial charge is 0.471 e. The maximum Gasteiger partial charge on any atom is 0.471 e. The molecule has 0 aromatic heterocycles. The second-order valence-corrected chi connectivity index (χ2v) is 8.33. The van der Waals surface area contributed by atoms with E-state index in [1.54, 1.807) is 42.7 Å². The summed E-state index contributed by atoms with van der Waals surface area (Å²) in [6.07, 6.45) is -4.07. The molecule has 7 nitrogen and oxygen atoms in total. The summed E-state index contributed by atoms with van der Waals surface area (Å²) in [6, 6.07) is 7.04. The van der Waals surface area contributed by atoms with Crippen LogP contribution >= 0.6 is 0 Å². The number of halogens is 6. The van der Waals surface area contributed by atoms with Crippen LogP contribution in [0.25, 0.3) is 0 Å². The van der Waals surface area contributed by atoms with Gasteiger partial charge < -0.3 is 20.1 Å². The normalized spacial score (nSPS) is 16.3. The highest BCUT2D eigenvalue weighted by Crippen LogP contribution is 2.57. The third-order valence-electron chi connectivity index (χ3n) is 5.77. The van der Waals surface area contributed by atoms with Crippen molar-refractivity contribution in [3.05, 3.63) is 83.0 Å². The third-order valence-corrected chi connectivity index (χ3v) is 5.77. The number of anilines is 2. The van der Waals surface area contributed by atoms with Crippen molar-refractivity contribution in [2.75, 3.05) is 10.6 Å². The molecule has 0 radical (unpaired) electrons. The molecule has 2 amide bonds. The van der Waals surface area contributed by atoms with Gasteiger partial charge in [0.05, 0.1) is 5.57 Å². The van der Waals surface area contributed by atoms with E-state index in [1.807, 2.05) is 0 Å². The van der Waals surface area contributed by atoms with E-state index in [0.717, 1.165) is 24.3 Å². The van der Waals surface area contributed by atoms with Gasteiger partial charge in [-0.2, -0.15) is 26.3 Å². The number of ether oxygens (including phenoxy) is 2. The smallest absolute Gasteiger partial charge is 0.456 e. The zero-order valence-electron chi connectivity index (χ0n) is 20.1. The molecule has 4 rings (SSSR count). The van der Waals surface area contributed by atoms with Crippen molar-refractivity contribution < 1.29 is 50.2 Å². The Balaban J connectivity index is 1.93. The van der Waals surface area contributed by atoms with Crippen LogP contribution in [0.4, 0.5) is 37.7 Å². The van der Waals surface area contributed by atoms with E-state index in [9.17, 15) is 40.7 Å². The van der Waals surface area contributed by atoms with Crippen LogP contribution in [0.1, 0.15) is 25.0 Å². The Kier molecular flexibility index (Phi) is 6.79. The van der Waals surface area contributed by atoms with Crippen molar-refractivity contribution in [2.24, 2.45) is 0 Å². The molecule has 0 bridgehead atoms. The number of carbonyl (C=O) groups is 3. The molecular weight excluding hydrogens is 534 g/mol. The summed E-state index contributed by atoms with van der Waals surface area (Å²) in [5.74, 6) is -5.55. The molecular formula is C26H18F6N2O5. The summed E-state index contributed by atoms with van der Waals surface area (Å²) in [4.78, 5) is 36.0. The number of hydrogen-bond donors (Lipinski definition) is 2. The quantitative estimate of drug-likeness (QED) is 0.356. The van der Waals surface area contributed by atoms with Gasteiger partial charge in [-0.15, -0.1) is 0 Å². The minimum absolute atomic E-state index is 0.151.